The number of aryl methyl sites for hydroxylation is 1. The van der Waals surface area contributed by atoms with Crippen LogP contribution in [0.2, 0.25) is 0 Å². The van der Waals surface area contributed by atoms with Crippen molar-refractivity contribution in [1.82, 2.24) is 5.01 Å². The maximum Gasteiger partial charge on any atom is 0.213 e. The summed E-state index contributed by atoms with van der Waals surface area (Å²) in [6.07, 6.45) is 0.697. The van der Waals surface area contributed by atoms with Crippen molar-refractivity contribution in [3.05, 3.63) is 101 Å². The standard InChI is InChI=1S/C23H20N2O/c1-16-8-7-11-18(14-16)23-25-21(19-12-5-6-13-22(19)26-23)15-20(24-25)17-9-3-2-4-10-17/h2-14,21,23H,15H2,1H3. The number of hydrogen-bond acceptors (Lipinski definition) is 3. The van der Waals surface area contributed by atoms with Crippen molar-refractivity contribution in [2.75, 3.05) is 0 Å². The largest absolute Gasteiger partial charge is 0.464 e. The minimum atomic E-state index is -0.198. The lowest BCUT2D eigenvalue weighted by Gasteiger charge is -2.38. The fourth-order valence-electron chi connectivity index (χ4n) is 3.88. The zero-order chi connectivity index (χ0) is 17.5. The van der Waals surface area contributed by atoms with Crippen LogP contribution >= 0.6 is 0 Å². The van der Waals surface area contributed by atoms with Crippen LogP contribution in [-0.2, 0) is 0 Å². The molecule has 3 aromatic carbocycles. The molecule has 3 nitrogen and oxygen atoms in total. The second-order valence-electron chi connectivity index (χ2n) is 6.93. The number of rotatable bonds is 2. The van der Waals surface area contributed by atoms with Gasteiger partial charge in [-0.05, 0) is 18.6 Å². The Labute approximate surface area is 153 Å². The van der Waals surface area contributed by atoms with Gasteiger partial charge in [0.2, 0.25) is 6.23 Å². The van der Waals surface area contributed by atoms with Crippen molar-refractivity contribution < 1.29 is 4.74 Å². The van der Waals surface area contributed by atoms with Crippen LogP contribution < -0.4 is 4.74 Å². The number of para-hydroxylation sites is 1. The predicted molar refractivity (Wildman–Crippen MR) is 103 cm³/mol. The summed E-state index contributed by atoms with van der Waals surface area (Å²) < 4.78 is 6.39. The molecule has 2 unspecified atom stereocenters. The average Bonchev–Trinajstić information content (AvgIpc) is 3.14. The molecule has 2 heterocycles. The minimum absolute atomic E-state index is 0.198. The quantitative estimate of drug-likeness (QED) is 0.637. The molecule has 0 fully saturated rings. The predicted octanol–water partition coefficient (Wildman–Crippen LogP) is 5.24. The molecule has 0 aromatic heterocycles. The van der Waals surface area contributed by atoms with Gasteiger partial charge in [0.05, 0.1) is 11.8 Å². The van der Waals surface area contributed by atoms with E-state index in [-0.39, 0.29) is 12.3 Å². The Balaban J connectivity index is 1.61. The number of nitrogens with zero attached hydrogens (tertiary/aromatic N) is 2. The van der Waals surface area contributed by atoms with Crippen LogP contribution in [0.15, 0.2) is 84.0 Å². The van der Waals surface area contributed by atoms with Crippen LogP contribution in [-0.4, -0.2) is 10.7 Å². The summed E-state index contributed by atoms with van der Waals surface area (Å²) in [5.41, 5.74) is 5.89. The maximum atomic E-state index is 6.39. The third-order valence-electron chi connectivity index (χ3n) is 5.13. The van der Waals surface area contributed by atoms with Crippen LogP contribution in [0.1, 0.15) is 40.9 Å². The topological polar surface area (TPSA) is 24.8 Å². The summed E-state index contributed by atoms with van der Waals surface area (Å²) >= 11 is 0. The molecule has 0 amide bonds. The van der Waals surface area contributed by atoms with Crippen LogP contribution in [0.25, 0.3) is 0 Å². The van der Waals surface area contributed by atoms with Gasteiger partial charge in [-0.1, -0.05) is 78.4 Å². The first-order valence-electron chi connectivity index (χ1n) is 9.03. The Morgan fingerprint density at radius 2 is 1.73 bits per heavy atom. The van der Waals surface area contributed by atoms with Crippen molar-refractivity contribution in [2.45, 2.75) is 25.6 Å². The SMILES string of the molecule is Cc1cccc(C2Oc3ccccc3C3CC(c4ccccc4)=NN32)c1. The highest BCUT2D eigenvalue weighted by Gasteiger charge is 2.40. The maximum absolute atomic E-state index is 6.39. The Morgan fingerprint density at radius 3 is 2.58 bits per heavy atom. The fourth-order valence-corrected chi connectivity index (χ4v) is 3.88. The number of ether oxygens (including phenoxy) is 1. The van der Waals surface area contributed by atoms with Gasteiger partial charge in [0.1, 0.15) is 5.75 Å². The van der Waals surface area contributed by atoms with Crippen molar-refractivity contribution in [1.29, 1.82) is 0 Å². The van der Waals surface area contributed by atoms with E-state index in [1.165, 1.54) is 16.7 Å². The molecule has 128 valence electrons. The van der Waals surface area contributed by atoms with E-state index >= 15 is 0 Å². The highest BCUT2D eigenvalue weighted by Crippen LogP contribution is 2.47. The van der Waals surface area contributed by atoms with Crippen molar-refractivity contribution in [3.8, 4) is 5.75 Å². The molecule has 3 heteroatoms. The van der Waals surface area contributed by atoms with Gasteiger partial charge >= 0.3 is 0 Å². The number of fused-ring (bicyclic) bond motifs is 3. The minimum Gasteiger partial charge on any atom is -0.464 e. The van der Waals surface area contributed by atoms with E-state index in [9.17, 15) is 0 Å². The van der Waals surface area contributed by atoms with E-state index in [4.69, 9.17) is 9.84 Å². The molecule has 0 bridgehead atoms. The average molecular weight is 340 g/mol. The number of benzene rings is 3. The first-order valence-corrected chi connectivity index (χ1v) is 9.03. The fraction of sp³-hybridized carbons (Fsp3) is 0.174. The van der Waals surface area contributed by atoms with Crippen molar-refractivity contribution >= 4 is 5.71 Å². The zero-order valence-electron chi connectivity index (χ0n) is 14.7. The van der Waals surface area contributed by atoms with Gasteiger partial charge in [0.25, 0.3) is 0 Å². The molecule has 2 atom stereocenters. The highest BCUT2D eigenvalue weighted by molar-refractivity contribution is 6.01. The van der Waals surface area contributed by atoms with Crippen LogP contribution in [0.4, 0.5) is 0 Å². The van der Waals surface area contributed by atoms with E-state index in [2.05, 4.69) is 78.7 Å². The van der Waals surface area contributed by atoms with E-state index in [0.717, 1.165) is 23.4 Å². The van der Waals surface area contributed by atoms with Gasteiger partial charge < -0.3 is 4.74 Å². The van der Waals surface area contributed by atoms with Crippen LogP contribution in [0.5, 0.6) is 5.75 Å². The smallest absolute Gasteiger partial charge is 0.213 e. The molecule has 2 aliphatic heterocycles. The van der Waals surface area contributed by atoms with Gasteiger partial charge in [-0.15, -0.1) is 0 Å². The Kier molecular flexibility index (Phi) is 3.52. The Hall–Kier alpha value is -3.07. The molecular weight excluding hydrogens is 320 g/mol. The van der Waals surface area contributed by atoms with E-state index in [0.29, 0.717) is 0 Å². The monoisotopic (exact) mass is 340 g/mol. The summed E-state index contributed by atoms with van der Waals surface area (Å²) in [7, 11) is 0. The van der Waals surface area contributed by atoms with Crippen LogP contribution in [0.3, 0.4) is 0 Å². The normalized spacial score (nSPS) is 20.8. The first-order chi connectivity index (χ1) is 12.8. The molecule has 0 N–H and O–H groups in total. The van der Waals surface area contributed by atoms with Gasteiger partial charge in [-0.3, -0.25) is 0 Å². The van der Waals surface area contributed by atoms with Gasteiger partial charge in [-0.25, -0.2) is 5.01 Å². The van der Waals surface area contributed by atoms with Crippen molar-refractivity contribution in [3.63, 3.8) is 0 Å². The highest BCUT2D eigenvalue weighted by atomic mass is 16.5. The lowest BCUT2D eigenvalue weighted by Crippen LogP contribution is -2.33. The molecule has 0 saturated carbocycles. The summed E-state index contributed by atoms with van der Waals surface area (Å²) in [4.78, 5) is 0. The molecule has 26 heavy (non-hydrogen) atoms. The molecule has 0 aliphatic carbocycles. The summed E-state index contributed by atoms with van der Waals surface area (Å²) in [5.74, 6) is 0.963. The first kappa shape index (κ1) is 15.2. The van der Waals surface area contributed by atoms with Crippen LogP contribution in [0, 0.1) is 6.92 Å². The third kappa shape index (κ3) is 2.48. The van der Waals surface area contributed by atoms with Gasteiger partial charge in [0, 0.05) is 17.5 Å². The molecule has 0 radical (unpaired) electrons. The Morgan fingerprint density at radius 1 is 0.923 bits per heavy atom. The summed E-state index contributed by atoms with van der Waals surface area (Å²) in [5, 5.41) is 7.13. The molecular formula is C23H20N2O. The lowest BCUT2D eigenvalue weighted by molar-refractivity contribution is -0.0190. The molecule has 5 rings (SSSR count). The van der Waals surface area contributed by atoms with Crippen molar-refractivity contribution in [2.24, 2.45) is 5.10 Å². The van der Waals surface area contributed by atoms with Gasteiger partial charge in [-0.2, -0.15) is 5.10 Å². The number of hydrazone groups is 1. The summed E-state index contributed by atoms with van der Waals surface area (Å²) in [6, 6.07) is 27.5. The zero-order valence-corrected chi connectivity index (χ0v) is 14.7. The Bertz CT molecular complexity index is 980. The number of hydrogen-bond donors (Lipinski definition) is 0. The molecule has 3 aromatic rings. The molecule has 2 aliphatic rings. The van der Waals surface area contributed by atoms with E-state index in [1.54, 1.807) is 0 Å². The lowest BCUT2D eigenvalue weighted by atomic mass is 9.96. The molecule has 0 spiro atoms. The van der Waals surface area contributed by atoms with E-state index in [1.807, 2.05) is 12.1 Å². The summed E-state index contributed by atoms with van der Waals surface area (Å²) in [6.45, 7) is 2.11. The second-order valence-corrected chi connectivity index (χ2v) is 6.93. The van der Waals surface area contributed by atoms with Gasteiger partial charge in [0.15, 0.2) is 0 Å². The molecule has 0 saturated heterocycles. The van der Waals surface area contributed by atoms with E-state index < -0.39 is 0 Å². The second kappa shape index (κ2) is 6.03. The third-order valence-corrected chi connectivity index (χ3v) is 5.13.